The first kappa shape index (κ1) is 9.79. The van der Waals surface area contributed by atoms with Gasteiger partial charge in [0.1, 0.15) is 11.9 Å². The van der Waals surface area contributed by atoms with E-state index in [-0.39, 0.29) is 0 Å². The fraction of sp³-hybridized carbons (Fsp3) is 0.100. The second-order valence-electron chi connectivity index (χ2n) is 2.99. The first-order chi connectivity index (χ1) is 7.29. The molecular formula is C10H9N3OS. The van der Waals surface area contributed by atoms with Crippen LogP contribution in [0, 0.1) is 5.21 Å². The van der Waals surface area contributed by atoms with Crippen molar-refractivity contribution < 1.29 is 4.74 Å². The second-order valence-corrected chi connectivity index (χ2v) is 3.78. The van der Waals surface area contributed by atoms with Crippen LogP contribution in [0.3, 0.4) is 0 Å². The van der Waals surface area contributed by atoms with Crippen molar-refractivity contribution >= 4 is 17.2 Å². The van der Waals surface area contributed by atoms with E-state index in [1.165, 1.54) is 18.6 Å². The summed E-state index contributed by atoms with van der Waals surface area (Å²) >= 11 is 1.21. The molecule has 0 aliphatic rings. The molecule has 5 heteroatoms. The van der Waals surface area contributed by atoms with Gasteiger partial charge in [-0.25, -0.2) is 4.74 Å². The highest BCUT2D eigenvalue weighted by Crippen LogP contribution is 2.12. The highest BCUT2D eigenvalue weighted by Gasteiger charge is 2.15. The molecule has 0 saturated carbocycles. The van der Waals surface area contributed by atoms with Gasteiger partial charge in [-0.3, -0.25) is 0 Å². The van der Waals surface area contributed by atoms with E-state index in [1.54, 1.807) is 6.20 Å². The quantitative estimate of drug-likeness (QED) is 0.333. The number of benzene rings is 1. The molecule has 76 valence electrons. The van der Waals surface area contributed by atoms with Crippen LogP contribution >= 0.6 is 11.5 Å². The molecule has 0 spiro atoms. The van der Waals surface area contributed by atoms with Crippen LogP contribution in [-0.4, -0.2) is 27.1 Å². The van der Waals surface area contributed by atoms with E-state index < -0.39 is 0 Å². The Morgan fingerprint density at radius 2 is 2.07 bits per heavy atom. The minimum absolute atomic E-state index is 0.602. The lowest BCUT2D eigenvalue weighted by molar-refractivity contribution is -0.421. The average molecular weight is 219 g/mol. The highest BCUT2D eigenvalue weighted by molar-refractivity contribution is 7.08. The van der Waals surface area contributed by atoms with Gasteiger partial charge in [0.15, 0.2) is 0 Å². The number of rotatable bonds is 2. The summed E-state index contributed by atoms with van der Waals surface area (Å²) in [5.74, 6) is 0. The van der Waals surface area contributed by atoms with Gasteiger partial charge in [0, 0.05) is 5.56 Å². The Labute approximate surface area is 91.3 Å². The van der Waals surface area contributed by atoms with Crippen LogP contribution < -0.4 is 0 Å². The zero-order valence-corrected chi connectivity index (χ0v) is 8.94. The average Bonchev–Trinajstić information content (AvgIpc) is 2.72. The van der Waals surface area contributed by atoms with Crippen LogP contribution in [0.1, 0.15) is 10.4 Å². The van der Waals surface area contributed by atoms with Crippen molar-refractivity contribution in [3.05, 3.63) is 52.2 Å². The fourth-order valence-corrected chi connectivity index (χ4v) is 1.96. The summed E-state index contributed by atoms with van der Waals surface area (Å²) < 4.78 is 4.59. The Balaban J connectivity index is 2.53. The molecule has 0 atom stereocenters. The zero-order valence-electron chi connectivity index (χ0n) is 8.12. The molecule has 0 bridgehead atoms. The van der Waals surface area contributed by atoms with Crippen LogP contribution in [0.2, 0.25) is 0 Å². The van der Waals surface area contributed by atoms with Crippen molar-refractivity contribution in [3.63, 3.8) is 0 Å². The second kappa shape index (κ2) is 4.18. The number of hydrogen-bond acceptors (Lipinski definition) is 4. The van der Waals surface area contributed by atoms with Crippen molar-refractivity contribution in [1.29, 1.82) is 0 Å². The van der Waals surface area contributed by atoms with E-state index in [0.29, 0.717) is 5.71 Å². The Morgan fingerprint density at radius 1 is 1.33 bits per heavy atom. The first-order valence-electron chi connectivity index (χ1n) is 4.40. The lowest BCUT2D eigenvalue weighted by Crippen LogP contribution is -2.13. The maximum absolute atomic E-state index is 11.5. The minimum atomic E-state index is 0.602. The van der Waals surface area contributed by atoms with Crippen LogP contribution in [0.5, 0.6) is 0 Å². The summed E-state index contributed by atoms with van der Waals surface area (Å²) in [6.45, 7) is 0. The van der Waals surface area contributed by atoms with Crippen LogP contribution in [0.25, 0.3) is 0 Å². The first-order valence-corrected chi connectivity index (χ1v) is 5.17. The minimum Gasteiger partial charge on any atom is -0.624 e. The summed E-state index contributed by atoms with van der Waals surface area (Å²) in [5.41, 5.74) is 1.48. The topological polar surface area (TPSA) is 51.9 Å². The molecule has 1 aromatic heterocycles. The standard InChI is InChI=1S/C10H9N3OS/c1-13(14)10(9-7-11-12-15-9)8-5-3-2-4-6-8/h2-7H,1H3/b13-10-. The summed E-state index contributed by atoms with van der Waals surface area (Å²) in [6, 6.07) is 9.49. The van der Waals surface area contributed by atoms with Gasteiger partial charge in [0.05, 0.1) is 6.20 Å². The Hall–Kier alpha value is -1.75. The molecule has 2 aromatic rings. The van der Waals surface area contributed by atoms with E-state index in [0.717, 1.165) is 15.2 Å². The maximum atomic E-state index is 11.5. The highest BCUT2D eigenvalue weighted by atomic mass is 32.1. The number of hydroxylamine groups is 1. The van der Waals surface area contributed by atoms with E-state index in [2.05, 4.69) is 9.59 Å². The molecule has 0 N–H and O–H groups in total. The van der Waals surface area contributed by atoms with Crippen molar-refractivity contribution in [1.82, 2.24) is 9.59 Å². The normalized spacial score (nSPS) is 12.3. The van der Waals surface area contributed by atoms with Gasteiger partial charge in [-0.15, -0.1) is 5.10 Å². The molecule has 0 radical (unpaired) electrons. The van der Waals surface area contributed by atoms with Gasteiger partial charge >= 0.3 is 0 Å². The van der Waals surface area contributed by atoms with Gasteiger partial charge in [-0.2, -0.15) is 0 Å². The summed E-state index contributed by atoms with van der Waals surface area (Å²) in [5, 5.41) is 15.2. The van der Waals surface area contributed by atoms with Crippen molar-refractivity contribution in [3.8, 4) is 0 Å². The third-order valence-electron chi connectivity index (χ3n) is 1.96. The van der Waals surface area contributed by atoms with Gasteiger partial charge < -0.3 is 5.21 Å². The summed E-state index contributed by atoms with van der Waals surface area (Å²) in [4.78, 5) is 0.777. The zero-order chi connectivity index (χ0) is 10.7. The van der Waals surface area contributed by atoms with Crippen LogP contribution in [-0.2, 0) is 0 Å². The number of aromatic nitrogens is 2. The molecule has 1 heterocycles. The predicted octanol–water partition coefficient (Wildman–Crippen LogP) is 1.52. The van der Waals surface area contributed by atoms with Crippen LogP contribution in [0.4, 0.5) is 0 Å². The molecule has 4 nitrogen and oxygen atoms in total. The Kier molecular flexibility index (Phi) is 2.73. The molecule has 2 rings (SSSR count). The molecule has 0 unspecified atom stereocenters. The van der Waals surface area contributed by atoms with Gasteiger partial charge in [-0.05, 0) is 23.7 Å². The molecule has 0 saturated heterocycles. The third kappa shape index (κ3) is 2.02. The fourth-order valence-electron chi connectivity index (χ4n) is 1.35. The predicted molar refractivity (Wildman–Crippen MR) is 59.1 cm³/mol. The maximum Gasteiger partial charge on any atom is 0.238 e. The largest absolute Gasteiger partial charge is 0.624 e. The lowest BCUT2D eigenvalue weighted by atomic mass is 10.1. The summed E-state index contributed by atoms with van der Waals surface area (Å²) in [6.07, 6.45) is 1.60. The molecule has 0 aliphatic carbocycles. The molecule has 0 amide bonds. The Morgan fingerprint density at radius 3 is 2.60 bits per heavy atom. The van der Waals surface area contributed by atoms with Crippen molar-refractivity contribution in [2.75, 3.05) is 7.05 Å². The third-order valence-corrected chi connectivity index (χ3v) is 2.63. The van der Waals surface area contributed by atoms with E-state index in [4.69, 9.17) is 0 Å². The van der Waals surface area contributed by atoms with E-state index >= 15 is 0 Å². The van der Waals surface area contributed by atoms with Gasteiger partial charge in [0.25, 0.3) is 0 Å². The van der Waals surface area contributed by atoms with E-state index in [1.807, 2.05) is 30.3 Å². The van der Waals surface area contributed by atoms with Gasteiger partial charge in [-0.1, -0.05) is 22.7 Å². The Bertz CT molecular complexity index is 461. The van der Waals surface area contributed by atoms with E-state index in [9.17, 15) is 5.21 Å². The molecule has 0 fully saturated rings. The molecular weight excluding hydrogens is 210 g/mol. The van der Waals surface area contributed by atoms with Crippen LogP contribution in [0.15, 0.2) is 36.5 Å². The SMILES string of the molecule is C/[N+]([O-])=C(\c1ccccc1)c1cnns1. The monoisotopic (exact) mass is 219 g/mol. The van der Waals surface area contributed by atoms with Crippen molar-refractivity contribution in [2.24, 2.45) is 0 Å². The smallest absolute Gasteiger partial charge is 0.238 e. The van der Waals surface area contributed by atoms with Crippen molar-refractivity contribution in [2.45, 2.75) is 0 Å². The number of nitrogens with zero attached hydrogens (tertiary/aromatic N) is 3. The van der Waals surface area contributed by atoms with Gasteiger partial charge in [0.2, 0.25) is 5.71 Å². The molecule has 0 aliphatic heterocycles. The molecule has 1 aromatic carbocycles. The molecule has 15 heavy (non-hydrogen) atoms. The lowest BCUT2D eigenvalue weighted by Gasteiger charge is -2.04. The number of hydrogen-bond donors (Lipinski definition) is 0. The summed E-state index contributed by atoms with van der Waals surface area (Å²) in [7, 11) is 1.47.